The number of para-hydroxylation sites is 2. The third kappa shape index (κ3) is 4.97. The van der Waals surface area contributed by atoms with E-state index in [1.165, 1.54) is 66.6 Å². The molecule has 0 aliphatic heterocycles. The lowest BCUT2D eigenvalue weighted by atomic mass is 9.81. The number of nitrogens with zero attached hydrogens (tertiary/aromatic N) is 4. The minimum Gasteiger partial charge on any atom is -0.310 e. The number of hydrogen-bond donors (Lipinski definition) is 0. The second-order valence-corrected chi connectivity index (χ2v) is 16.9. The van der Waals surface area contributed by atoms with Crippen LogP contribution in [0.2, 0.25) is 0 Å². The molecular formula is C51H44N4. The number of aryl methyl sites for hydroxylation is 2. The van der Waals surface area contributed by atoms with Gasteiger partial charge in [-0.25, -0.2) is 4.98 Å². The van der Waals surface area contributed by atoms with E-state index in [9.17, 15) is 0 Å². The SMILES string of the molecule is Cc1cccc(C)c1N(c1cccc(-c2cc(C(C)(C)C)ccn2)c1)c1cccc(-c2cc3c4c(n5c6ccccc6c(n2)c35)-c2ccccc2C4(C)C)c1. The van der Waals surface area contributed by atoms with Crippen LogP contribution in [0.4, 0.5) is 17.1 Å². The lowest BCUT2D eigenvalue weighted by molar-refractivity contribution is 0.589. The minimum absolute atomic E-state index is 0.0287. The maximum Gasteiger partial charge on any atom is 0.0977 e. The molecule has 0 N–H and O–H groups in total. The molecule has 0 radical (unpaired) electrons. The Balaban J connectivity index is 1.18. The van der Waals surface area contributed by atoms with Gasteiger partial charge in [0.2, 0.25) is 0 Å². The maximum atomic E-state index is 5.51. The summed E-state index contributed by atoms with van der Waals surface area (Å²) in [6.45, 7) is 15.9. The molecule has 0 amide bonds. The summed E-state index contributed by atoms with van der Waals surface area (Å²) in [7, 11) is 0. The summed E-state index contributed by atoms with van der Waals surface area (Å²) < 4.78 is 2.48. The lowest BCUT2D eigenvalue weighted by Crippen LogP contribution is -2.14. The molecule has 10 rings (SSSR count). The van der Waals surface area contributed by atoms with Gasteiger partial charge in [0.1, 0.15) is 0 Å². The van der Waals surface area contributed by atoms with E-state index in [1.54, 1.807) is 0 Å². The summed E-state index contributed by atoms with van der Waals surface area (Å²) in [5.41, 5.74) is 19.9. The maximum absolute atomic E-state index is 5.51. The smallest absolute Gasteiger partial charge is 0.0977 e. The van der Waals surface area contributed by atoms with E-state index in [1.807, 2.05) is 6.20 Å². The summed E-state index contributed by atoms with van der Waals surface area (Å²) in [6.07, 6.45) is 1.94. The van der Waals surface area contributed by atoms with E-state index >= 15 is 0 Å². The van der Waals surface area contributed by atoms with Crippen molar-refractivity contribution in [2.75, 3.05) is 4.90 Å². The first-order valence-electron chi connectivity index (χ1n) is 19.3. The third-order valence-corrected chi connectivity index (χ3v) is 11.9. The summed E-state index contributed by atoms with van der Waals surface area (Å²) in [5.74, 6) is 0. The molecule has 4 nitrogen and oxygen atoms in total. The zero-order valence-corrected chi connectivity index (χ0v) is 32.6. The number of rotatable bonds is 5. The number of pyridine rings is 2. The average molecular weight is 713 g/mol. The highest BCUT2D eigenvalue weighted by Gasteiger charge is 2.41. The predicted octanol–water partition coefficient (Wildman–Crippen LogP) is 13.5. The molecule has 4 heteroatoms. The second-order valence-electron chi connectivity index (χ2n) is 16.9. The van der Waals surface area contributed by atoms with Crippen LogP contribution in [0.3, 0.4) is 0 Å². The Kier molecular flexibility index (Phi) is 7.19. The van der Waals surface area contributed by atoms with Crippen LogP contribution < -0.4 is 4.90 Å². The van der Waals surface area contributed by atoms with Gasteiger partial charge < -0.3 is 9.30 Å². The van der Waals surface area contributed by atoms with Crippen molar-refractivity contribution in [3.8, 4) is 33.8 Å². The van der Waals surface area contributed by atoms with E-state index in [0.29, 0.717) is 0 Å². The van der Waals surface area contributed by atoms with Gasteiger partial charge in [-0.15, -0.1) is 0 Å². The van der Waals surface area contributed by atoms with Gasteiger partial charge in [-0.2, -0.15) is 0 Å². The summed E-state index contributed by atoms with van der Waals surface area (Å²) >= 11 is 0. The molecule has 268 valence electrons. The predicted molar refractivity (Wildman–Crippen MR) is 230 cm³/mol. The van der Waals surface area contributed by atoms with Crippen LogP contribution in [-0.4, -0.2) is 14.4 Å². The zero-order valence-electron chi connectivity index (χ0n) is 32.6. The molecule has 1 aliphatic carbocycles. The average Bonchev–Trinajstić information content (AvgIpc) is 3.79. The van der Waals surface area contributed by atoms with Gasteiger partial charge in [0.05, 0.1) is 39.3 Å². The highest BCUT2D eigenvalue weighted by Crippen LogP contribution is 2.55. The standard InChI is InChI=1S/C51H44N4/c1-31-15-12-16-32(2)47(31)54(36-19-13-17-33(27-36)42-29-35(25-26-52-42)50(3,4)5)37-20-14-18-34(28-37)43-30-40-45-48(38-21-8-10-23-41(38)51(45,6)7)55-44-24-11-9-22-39(44)46(53-43)49(40)55/h8-30H,1-7H3. The Bertz CT molecular complexity index is 2950. The van der Waals surface area contributed by atoms with Crippen molar-refractivity contribution in [3.05, 3.63) is 167 Å². The first kappa shape index (κ1) is 33.3. The fourth-order valence-electron chi connectivity index (χ4n) is 9.24. The quantitative estimate of drug-likeness (QED) is 0.178. The number of benzene rings is 5. The highest BCUT2D eigenvalue weighted by molar-refractivity contribution is 6.17. The molecule has 0 saturated heterocycles. The molecule has 0 atom stereocenters. The Hall–Kier alpha value is -6.26. The van der Waals surface area contributed by atoms with Crippen LogP contribution >= 0.6 is 0 Å². The van der Waals surface area contributed by atoms with Gasteiger partial charge in [0, 0.05) is 50.4 Å². The van der Waals surface area contributed by atoms with Crippen molar-refractivity contribution in [2.24, 2.45) is 0 Å². The fourth-order valence-corrected chi connectivity index (χ4v) is 9.24. The number of hydrogen-bond acceptors (Lipinski definition) is 3. The number of anilines is 3. The van der Waals surface area contributed by atoms with Gasteiger partial charge in [-0.1, -0.05) is 120 Å². The molecule has 5 aromatic carbocycles. The minimum atomic E-state index is -0.148. The van der Waals surface area contributed by atoms with Crippen LogP contribution in [0.1, 0.15) is 62.4 Å². The molecule has 0 saturated carbocycles. The summed E-state index contributed by atoms with van der Waals surface area (Å²) in [6, 6.07) is 48.7. The van der Waals surface area contributed by atoms with Crippen LogP contribution in [0, 0.1) is 13.8 Å². The molecule has 0 spiro atoms. The second kappa shape index (κ2) is 11.9. The Morgan fingerprint density at radius 1 is 0.636 bits per heavy atom. The van der Waals surface area contributed by atoms with E-state index in [4.69, 9.17) is 9.97 Å². The molecule has 1 aliphatic rings. The van der Waals surface area contributed by atoms with Crippen molar-refractivity contribution >= 4 is 44.4 Å². The van der Waals surface area contributed by atoms with Crippen molar-refractivity contribution < 1.29 is 0 Å². The van der Waals surface area contributed by atoms with E-state index < -0.39 is 0 Å². The molecule has 0 fully saturated rings. The molecular weight excluding hydrogens is 669 g/mol. The fraction of sp³-hybridized carbons (Fsp3) is 0.176. The topological polar surface area (TPSA) is 33.4 Å². The Morgan fingerprint density at radius 3 is 2.02 bits per heavy atom. The first-order chi connectivity index (χ1) is 26.5. The lowest BCUT2D eigenvalue weighted by Gasteiger charge is -2.29. The van der Waals surface area contributed by atoms with Crippen LogP contribution in [-0.2, 0) is 10.8 Å². The Morgan fingerprint density at radius 2 is 1.29 bits per heavy atom. The molecule has 9 aromatic rings. The Labute approximate surface area is 323 Å². The van der Waals surface area contributed by atoms with Crippen molar-refractivity contribution in [1.82, 2.24) is 14.4 Å². The monoisotopic (exact) mass is 712 g/mol. The van der Waals surface area contributed by atoms with Gasteiger partial charge in [0.25, 0.3) is 0 Å². The first-order valence-corrected chi connectivity index (χ1v) is 19.3. The zero-order chi connectivity index (χ0) is 37.8. The molecule has 0 unspecified atom stereocenters. The summed E-state index contributed by atoms with van der Waals surface area (Å²) in [4.78, 5) is 12.8. The van der Waals surface area contributed by atoms with Crippen LogP contribution in [0.15, 0.2) is 140 Å². The summed E-state index contributed by atoms with van der Waals surface area (Å²) in [5, 5.41) is 2.46. The van der Waals surface area contributed by atoms with Crippen LogP contribution in [0.25, 0.3) is 61.1 Å². The molecule has 4 aromatic heterocycles. The molecule has 55 heavy (non-hydrogen) atoms. The normalized spacial score (nSPS) is 13.5. The van der Waals surface area contributed by atoms with E-state index in [2.05, 4.69) is 191 Å². The third-order valence-electron chi connectivity index (χ3n) is 11.9. The van der Waals surface area contributed by atoms with Gasteiger partial charge >= 0.3 is 0 Å². The molecule has 0 bridgehead atoms. The highest BCUT2D eigenvalue weighted by atomic mass is 15.1. The largest absolute Gasteiger partial charge is 0.310 e. The van der Waals surface area contributed by atoms with Gasteiger partial charge in [-0.3, -0.25) is 4.98 Å². The van der Waals surface area contributed by atoms with Crippen LogP contribution in [0.5, 0.6) is 0 Å². The van der Waals surface area contributed by atoms with Gasteiger partial charge in [0.15, 0.2) is 0 Å². The van der Waals surface area contributed by atoms with Gasteiger partial charge in [-0.05, 0) is 95.6 Å². The number of fused-ring (bicyclic) bond motifs is 8. The van der Waals surface area contributed by atoms with Crippen molar-refractivity contribution in [2.45, 2.75) is 59.3 Å². The molecule has 4 heterocycles. The van der Waals surface area contributed by atoms with E-state index in [0.717, 1.165) is 39.4 Å². The van der Waals surface area contributed by atoms with E-state index in [-0.39, 0.29) is 10.8 Å². The number of aromatic nitrogens is 3. The van der Waals surface area contributed by atoms with Crippen molar-refractivity contribution in [1.29, 1.82) is 0 Å². The van der Waals surface area contributed by atoms with Crippen molar-refractivity contribution in [3.63, 3.8) is 0 Å².